The van der Waals surface area contributed by atoms with Crippen LogP contribution >= 0.6 is 0 Å². The van der Waals surface area contributed by atoms with Crippen LogP contribution in [0.5, 0.6) is 0 Å². The summed E-state index contributed by atoms with van der Waals surface area (Å²) < 4.78 is 1.52. The molecule has 2 rings (SSSR count). The van der Waals surface area contributed by atoms with Gasteiger partial charge in [0.1, 0.15) is 19.2 Å². The molecule has 1 aromatic heterocycles. The first-order valence-corrected chi connectivity index (χ1v) is 5.67. The van der Waals surface area contributed by atoms with Crippen molar-refractivity contribution in [1.82, 2.24) is 25.4 Å². The largest absolute Gasteiger partial charge is 0.353 e. The Morgan fingerprint density at radius 3 is 3.19 bits per heavy atom. The molecule has 1 aliphatic rings. The van der Waals surface area contributed by atoms with Gasteiger partial charge in [-0.2, -0.15) is 5.10 Å². The van der Waals surface area contributed by atoms with Gasteiger partial charge in [-0.05, 0) is 19.4 Å². The lowest BCUT2D eigenvalue weighted by molar-refractivity contribution is -0.121. The third kappa shape index (κ3) is 3.30. The van der Waals surface area contributed by atoms with Gasteiger partial charge in [0.25, 0.3) is 0 Å². The van der Waals surface area contributed by atoms with Gasteiger partial charge in [-0.25, -0.2) is 9.67 Å². The molecule has 6 nitrogen and oxygen atoms in total. The topological polar surface area (TPSA) is 71.8 Å². The van der Waals surface area contributed by atoms with Crippen molar-refractivity contribution in [3.8, 4) is 0 Å². The Morgan fingerprint density at radius 1 is 1.56 bits per heavy atom. The first-order valence-electron chi connectivity index (χ1n) is 5.67. The molecule has 1 saturated heterocycles. The highest BCUT2D eigenvalue weighted by molar-refractivity contribution is 5.75. The van der Waals surface area contributed by atoms with Crippen LogP contribution in [0, 0.1) is 0 Å². The molecule has 1 aliphatic heterocycles. The zero-order valence-corrected chi connectivity index (χ0v) is 9.22. The zero-order valence-electron chi connectivity index (χ0n) is 9.22. The van der Waals surface area contributed by atoms with Gasteiger partial charge in [0.2, 0.25) is 5.91 Å². The van der Waals surface area contributed by atoms with Gasteiger partial charge in [0, 0.05) is 12.6 Å². The Labute approximate surface area is 94.4 Å². The van der Waals surface area contributed by atoms with Crippen molar-refractivity contribution < 1.29 is 4.79 Å². The molecule has 0 aliphatic carbocycles. The lowest BCUT2D eigenvalue weighted by atomic mass is 10.1. The molecule has 1 unspecified atom stereocenters. The molecule has 6 heteroatoms. The van der Waals surface area contributed by atoms with Gasteiger partial charge in [0.15, 0.2) is 0 Å². The van der Waals surface area contributed by atoms with Crippen LogP contribution in [-0.2, 0) is 11.3 Å². The molecule has 0 spiro atoms. The summed E-state index contributed by atoms with van der Waals surface area (Å²) in [4.78, 5) is 15.3. The average molecular weight is 223 g/mol. The molecular formula is C10H17N5O. The van der Waals surface area contributed by atoms with Gasteiger partial charge in [-0.15, -0.1) is 0 Å². The Bertz CT molecular complexity index is 318. The molecular weight excluding hydrogens is 206 g/mol. The van der Waals surface area contributed by atoms with Crippen molar-refractivity contribution in [2.24, 2.45) is 0 Å². The van der Waals surface area contributed by atoms with Crippen LogP contribution in [0.1, 0.15) is 19.3 Å². The van der Waals surface area contributed by atoms with Gasteiger partial charge in [-0.1, -0.05) is 6.42 Å². The van der Waals surface area contributed by atoms with Crippen LogP contribution in [0.15, 0.2) is 12.7 Å². The average Bonchev–Trinajstić information content (AvgIpc) is 2.81. The fraction of sp³-hybridized carbons (Fsp3) is 0.700. The van der Waals surface area contributed by atoms with Crippen LogP contribution in [0.3, 0.4) is 0 Å². The Morgan fingerprint density at radius 2 is 2.50 bits per heavy atom. The van der Waals surface area contributed by atoms with E-state index >= 15 is 0 Å². The first kappa shape index (κ1) is 11.1. The van der Waals surface area contributed by atoms with Crippen LogP contribution in [0.2, 0.25) is 0 Å². The summed E-state index contributed by atoms with van der Waals surface area (Å²) in [5.74, 6) is -0.0159. The van der Waals surface area contributed by atoms with Crippen molar-refractivity contribution in [1.29, 1.82) is 0 Å². The minimum atomic E-state index is -0.0159. The second-order valence-electron chi connectivity index (χ2n) is 4.04. The van der Waals surface area contributed by atoms with Crippen LogP contribution in [0.4, 0.5) is 0 Å². The van der Waals surface area contributed by atoms with Gasteiger partial charge in [0.05, 0.1) is 0 Å². The van der Waals surface area contributed by atoms with E-state index in [0.29, 0.717) is 12.6 Å². The number of hydrogen-bond donors (Lipinski definition) is 2. The molecule has 1 aromatic rings. The normalized spacial score (nSPS) is 20.6. The fourth-order valence-corrected chi connectivity index (χ4v) is 1.85. The van der Waals surface area contributed by atoms with E-state index in [1.165, 1.54) is 23.9 Å². The summed E-state index contributed by atoms with van der Waals surface area (Å²) in [5.41, 5.74) is 0. The standard InChI is InChI=1S/C10H17N5O/c16-10(6-15-8-11-7-14-15)13-5-9-3-1-2-4-12-9/h7-9,12H,1-6H2,(H,13,16). The molecule has 88 valence electrons. The number of aromatic nitrogens is 3. The smallest absolute Gasteiger partial charge is 0.241 e. The van der Waals surface area contributed by atoms with E-state index in [0.717, 1.165) is 13.0 Å². The molecule has 0 bridgehead atoms. The summed E-state index contributed by atoms with van der Waals surface area (Å²) in [7, 11) is 0. The van der Waals surface area contributed by atoms with Gasteiger partial charge in [-0.3, -0.25) is 4.79 Å². The van der Waals surface area contributed by atoms with Crippen molar-refractivity contribution in [2.45, 2.75) is 31.8 Å². The summed E-state index contributed by atoms with van der Waals surface area (Å²) >= 11 is 0. The number of hydrogen-bond acceptors (Lipinski definition) is 4. The number of carbonyl (C=O) groups is 1. The van der Waals surface area contributed by atoms with Crippen molar-refractivity contribution in [3.63, 3.8) is 0 Å². The Hall–Kier alpha value is -1.43. The number of rotatable bonds is 4. The van der Waals surface area contributed by atoms with E-state index in [1.807, 2.05) is 0 Å². The van der Waals surface area contributed by atoms with E-state index in [2.05, 4.69) is 20.7 Å². The molecule has 0 radical (unpaired) electrons. The molecule has 2 heterocycles. The first-order chi connectivity index (χ1) is 7.84. The third-order valence-electron chi connectivity index (χ3n) is 2.73. The highest BCUT2D eigenvalue weighted by Gasteiger charge is 2.13. The molecule has 1 amide bonds. The fourth-order valence-electron chi connectivity index (χ4n) is 1.85. The molecule has 0 aromatic carbocycles. The zero-order chi connectivity index (χ0) is 11.2. The maximum absolute atomic E-state index is 11.5. The van der Waals surface area contributed by atoms with Crippen molar-refractivity contribution in [3.05, 3.63) is 12.7 Å². The molecule has 2 N–H and O–H groups in total. The Balaban J connectivity index is 1.67. The highest BCUT2D eigenvalue weighted by Crippen LogP contribution is 2.05. The second-order valence-corrected chi connectivity index (χ2v) is 4.04. The lowest BCUT2D eigenvalue weighted by Crippen LogP contribution is -2.44. The summed E-state index contributed by atoms with van der Waals surface area (Å²) in [5, 5.41) is 10.2. The van der Waals surface area contributed by atoms with Gasteiger partial charge >= 0.3 is 0 Å². The van der Waals surface area contributed by atoms with Crippen LogP contribution in [0.25, 0.3) is 0 Å². The number of nitrogens with one attached hydrogen (secondary N) is 2. The number of nitrogens with zero attached hydrogens (tertiary/aromatic N) is 3. The van der Waals surface area contributed by atoms with Crippen LogP contribution < -0.4 is 10.6 Å². The van der Waals surface area contributed by atoms with E-state index in [1.54, 1.807) is 6.33 Å². The second kappa shape index (κ2) is 5.60. The maximum Gasteiger partial charge on any atom is 0.241 e. The van der Waals surface area contributed by atoms with E-state index in [4.69, 9.17) is 0 Å². The monoisotopic (exact) mass is 223 g/mol. The summed E-state index contributed by atoms with van der Waals surface area (Å²) in [6, 6.07) is 0.424. The molecule has 0 saturated carbocycles. The quantitative estimate of drug-likeness (QED) is 0.724. The summed E-state index contributed by atoms with van der Waals surface area (Å²) in [6.07, 6.45) is 6.60. The van der Waals surface area contributed by atoms with Crippen molar-refractivity contribution >= 4 is 5.91 Å². The predicted molar refractivity (Wildman–Crippen MR) is 58.7 cm³/mol. The lowest BCUT2D eigenvalue weighted by Gasteiger charge is -2.23. The third-order valence-corrected chi connectivity index (χ3v) is 2.73. The number of amides is 1. The minimum absolute atomic E-state index is 0.0159. The molecule has 16 heavy (non-hydrogen) atoms. The number of piperidine rings is 1. The predicted octanol–water partition coefficient (Wildman–Crippen LogP) is -0.464. The van der Waals surface area contributed by atoms with Crippen LogP contribution in [-0.4, -0.2) is 39.8 Å². The number of carbonyl (C=O) groups excluding carboxylic acids is 1. The Kier molecular flexibility index (Phi) is 3.87. The van der Waals surface area contributed by atoms with E-state index in [-0.39, 0.29) is 12.5 Å². The molecule has 1 atom stereocenters. The van der Waals surface area contributed by atoms with E-state index < -0.39 is 0 Å². The van der Waals surface area contributed by atoms with Crippen molar-refractivity contribution in [2.75, 3.05) is 13.1 Å². The molecule has 1 fully saturated rings. The SMILES string of the molecule is O=C(Cn1cncn1)NCC1CCCCN1. The summed E-state index contributed by atoms with van der Waals surface area (Å²) in [6.45, 7) is 2.00. The maximum atomic E-state index is 11.5. The van der Waals surface area contributed by atoms with Gasteiger partial charge < -0.3 is 10.6 Å². The minimum Gasteiger partial charge on any atom is -0.353 e. The van der Waals surface area contributed by atoms with E-state index in [9.17, 15) is 4.79 Å². The highest BCUT2D eigenvalue weighted by atomic mass is 16.2.